The predicted molar refractivity (Wildman–Crippen MR) is 78.1 cm³/mol. The van der Waals surface area contributed by atoms with Gasteiger partial charge in [0.05, 0.1) is 17.3 Å². The van der Waals surface area contributed by atoms with Gasteiger partial charge in [0.2, 0.25) is 10.0 Å². The molecule has 7 heteroatoms. The number of sulfonamides is 1. The molecule has 0 bridgehead atoms. The summed E-state index contributed by atoms with van der Waals surface area (Å²) in [5.74, 6) is 0.0983. The lowest BCUT2D eigenvalue weighted by Gasteiger charge is -2.26. The van der Waals surface area contributed by atoms with Gasteiger partial charge in [0.25, 0.3) is 0 Å². The smallest absolute Gasteiger partial charge is 0.214 e. The number of ether oxygens (including phenoxy) is 1. The molecule has 0 atom stereocenters. The van der Waals surface area contributed by atoms with Gasteiger partial charge in [-0.3, -0.25) is 0 Å². The van der Waals surface area contributed by atoms with Crippen molar-refractivity contribution in [3.8, 4) is 0 Å². The summed E-state index contributed by atoms with van der Waals surface area (Å²) < 4.78 is 30.8. The number of hydrogen-bond acceptors (Lipinski definition) is 4. The lowest BCUT2D eigenvalue weighted by Crippen LogP contribution is -2.40. The summed E-state index contributed by atoms with van der Waals surface area (Å²) in [4.78, 5) is 0.323. The van der Waals surface area contributed by atoms with E-state index < -0.39 is 10.0 Å². The second kappa shape index (κ2) is 7.37. The molecule has 2 N–H and O–H groups in total. The van der Waals surface area contributed by atoms with E-state index in [1.165, 1.54) is 4.31 Å². The summed E-state index contributed by atoms with van der Waals surface area (Å²) in [6.07, 6.45) is 0.391. The van der Waals surface area contributed by atoms with Gasteiger partial charge in [-0.05, 0) is 5.41 Å². The van der Waals surface area contributed by atoms with Gasteiger partial charge in [-0.25, -0.2) is 8.42 Å². The fourth-order valence-corrected chi connectivity index (χ4v) is 3.55. The Balaban J connectivity index is 4.76. The average Bonchev–Trinajstić information content (AvgIpc) is 2.12. The third-order valence-electron chi connectivity index (χ3n) is 2.16. The highest BCUT2D eigenvalue weighted by Crippen LogP contribution is 2.18. The molecule has 0 spiro atoms. The topological polar surface area (TPSA) is 72.6 Å². The molecule has 0 aliphatic carbocycles. The van der Waals surface area contributed by atoms with Gasteiger partial charge >= 0.3 is 0 Å². The Kier molecular flexibility index (Phi) is 7.28. The first-order valence-electron chi connectivity index (χ1n) is 5.83. The van der Waals surface area contributed by atoms with Crippen molar-refractivity contribution in [2.75, 3.05) is 32.6 Å². The minimum absolute atomic E-state index is 0.0983. The molecular formula is C11H24N2O3S2. The van der Waals surface area contributed by atoms with Crippen LogP contribution in [0.3, 0.4) is 0 Å². The van der Waals surface area contributed by atoms with E-state index in [1.807, 2.05) is 20.8 Å². The van der Waals surface area contributed by atoms with Crippen LogP contribution in [0.4, 0.5) is 0 Å². The number of nitrogens with zero attached hydrogens (tertiary/aromatic N) is 1. The largest absolute Gasteiger partial charge is 0.393 e. The third kappa shape index (κ3) is 7.97. The summed E-state index contributed by atoms with van der Waals surface area (Å²) >= 11 is 4.78. The zero-order valence-corrected chi connectivity index (χ0v) is 13.2. The Morgan fingerprint density at radius 1 is 1.33 bits per heavy atom. The Morgan fingerprint density at radius 2 is 1.89 bits per heavy atom. The molecule has 0 rings (SSSR count). The molecule has 0 saturated heterocycles. The molecular weight excluding hydrogens is 272 g/mol. The van der Waals surface area contributed by atoms with Crippen LogP contribution in [0, 0.1) is 5.41 Å². The molecule has 0 aromatic heterocycles. The number of thiocarbonyl (C=S) groups is 1. The van der Waals surface area contributed by atoms with Crippen LogP contribution in [0.1, 0.15) is 27.2 Å². The molecule has 0 saturated carbocycles. The summed E-state index contributed by atoms with van der Waals surface area (Å²) in [7, 11) is -1.77. The monoisotopic (exact) mass is 296 g/mol. The van der Waals surface area contributed by atoms with Gasteiger partial charge in [0.1, 0.15) is 0 Å². The fourth-order valence-electron chi connectivity index (χ4n) is 1.46. The predicted octanol–water partition coefficient (Wildman–Crippen LogP) is 0.987. The maximum absolute atomic E-state index is 12.3. The Bertz CT molecular complexity index is 361. The minimum atomic E-state index is -3.31. The first-order valence-corrected chi connectivity index (χ1v) is 7.85. The zero-order chi connectivity index (χ0) is 14.4. The van der Waals surface area contributed by atoms with Crippen molar-refractivity contribution >= 4 is 27.2 Å². The molecule has 18 heavy (non-hydrogen) atoms. The van der Waals surface area contributed by atoms with E-state index in [0.717, 1.165) is 0 Å². The van der Waals surface area contributed by atoms with Crippen LogP contribution in [-0.2, 0) is 14.8 Å². The molecule has 108 valence electrons. The Labute approximate surface area is 116 Å². The molecule has 0 radical (unpaired) electrons. The van der Waals surface area contributed by atoms with Crippen LogP contribution in [0.2, 0.25) is 0 Å². The van der Waals surface area contributed by atoms with Gasteiger partial charge in [-0.1, -0.05) is 33.0 Å². The van der Waals surface area contributed by atoms with Crippen molar-refractivity contribution in [3.05, 3.63) is 0 Å². The summed E-state index contributed by atoms with van der Waals surface area (Å²) in [5, 5.41) is 0. The van der Waals surface area contributed by atoms with Gasteiger partial charge < -0.3 is 10.5 Å². The molecule has 0 fully saturated rings. The zero-order valence-electron chi connectivity index (χ0n) is 11.6. The van der Waals surface area contributed by atoms with Gasteiger partial charge in [-0.2, -0.15) is 4.31 Å². The summed E-state index contributed by atoms with van der Waals surface area (Å²) in [5.41, 5.74) is 5.13. The first-order chi connectivity index (χ1) is 8.08. The molecule has 0 unspecified atom stereocenters. The standard InChI is InChI=1S/C11H24N2O3S2/c1-11(2,3)9-18(14,15)13(7-8-16-4)6-5-10(12)17/h5-9H2,1-4H3,(H2,12,17). The molecule has 5 nitrogen and oxygen atoms in total. The fraction of sp³-hybridized carbons (Fsp3) is 0.909. The van der Waals surface area contributed by atoms with E-state index in [1.54, 1.807) is 7.11 Å². The van der Waals surface area contributed by atoms with Crippen LogP contribution >= 0.6 is 12.2 Å². The summed E-state index contributed by atoms with van der Waals surface area (Å²) in [6.45, 7) is 6.70. The van der Waals surface area contributed by atoms with Crippen molar-refractivity contribution in [1.82, 2.24) is 4.31 Å². The SMILES string of the molecule is COCCN(CCC(N)=S)S(=O)(=O)CC(C)(C)C. The minimum Gasteiger partial charge on any atom is -0.393 e. The highest BCUT2D eigenvalue weighted by molar-refractivity contribution is 7.89. The van der Waals surface area contributed by atoms with Gasteiger partial charge in [-0.15, -0.1) is 0 Å². The lowest BCUT2D eigenvalue weighted by molar-refractivity contribution is 0.179. The van der Waals surface area contributed by atoms with Crippen LogP contribution in [-0.4, -0.2) is 50.3 Å². The molecule has 0 aromatic rings. The molecule has 0 aliphatic rings. The van der Waals surface area contributed by atoms with Crippen molar-refractivity contribution in [2.45, 2.75) is 27.2 Å². The van der Waals surface area contributed by atoms with Crippen molar-refractivity contribution < 1.29 is 13.2 Å². The number of nitrogens with two attached hydrogens (primary N) is 1. The van der Waals surface area contributed by atoms with Gasteiger partial charge in [0, 0.05) is 26.6 Å². The summed E-state index contributed by atoms with van der Waals surface area (Å²) in [6, 6.07) is 0. The second-order valence-corrected chi connectivity index (χ2v) is 7.92. The van der Waals surface area contributed by atoms with Crippen molar-refractivity contribution in [3.63, 3.8) is 0 Å². The van der Waals surface area contributed by atoms with E-state index >= 15 is 0 Å². The lowest BCUT2D eigenvalue weighted by atomic mass is 10.0. The number of hydrogen-bond donors (Lipinski definition) is 1. The van der Waals surface area contributed by atoms with Crippen LogP contribution in [0.5, 0.6) is 0 Å². The van der Waals surface area contributed by atoms with Crippen LogP contribution in [0.25, 0.3) is 0 Å². The van der Waals surface area contributed by atoms with Gasteiger partial charge in [0.15, 0.2) is 0 Å². The normalized spacial score (nSPS) is 12.9. The Hall–Kier alpha value is -0.240. The van der Waals surface area contributed by atoms with Crippen LogP contribution in [0.15, 0.2) is 0 Å². The Morgan fingerprint density at radius 3 is 2.28 bits per heavy atom. The molecule has 0 aromatic carbocycles. The van der Waals surface area contributed by atoms with Crippen molar-refractivity contribution in [1.29, 1.82) is 0 Å². The van der Waals surface area contributed by atoms with Crippen LogP contribution < -0.4 is 5.73 Å². The van der Waals surface area contributed by atoms with E-state index in [-0.39, 0.29) is 11.2 Å². The molecule has 0 aliphatic heterocycles. The second-order valence-electron chi connectivity index (χ2n) is 5.43. The molecule has 0 amide bonds. The highest BCUT2D eigenvalue weighted by Gasteiger charge is 2.27. The number of methoxy groups -OCH3 is 1. The first kappa shape index (κ1) is 17.8. The maximum atomic E-state index is 12.3. The maximum Gasteiger partial charge on any atom is 0.214 e. The van der Waals surface area contributed by atoms with E-state index in [2.05, 4.69) is 0 Å². The molecule has 0 heterocycles. The third-order valence-corrected chi connectivity index (χ3v) is 4.75. The number of rotatable bonds is 8. The highest BCUT2D eigenvalue weighted by atomic mass is 32.2. The average molecular weight is 296 g/mol. The van der Waals surface area contributed by atoms with E-state index in [0.29, 0.717) is 31.1 Å². The van der Waals surface area contributed by atoms with Crippen molar-refractivity contribution in [2.24, 2.45) is 11.1 Å². The quantitative estimate of drug-likeness (QED) is 0.676. The van der Waals surface area contributed by atoms with E-state index in [9.17, 15) is 8.42 Å². The van der Waals surface area contributed by atoms with E-state index in [4.69, 9.17) is 22.7 Å².